The van der Waals surface area contributed by atoms with Crippen molar-refractivity contribution >= 4 is 36.4 Å². The standard InChI is InChI=1S/C13H17ClF2N2.2ClH/c1-9-2-3-10(14)12(13(9)16)11(8-15)18-6-4-17-5-7-18;;/h2-3,11,17H,4-8H2,1H3;2*1H/t11-;;/m0../s1. The zero-order valence-corrected chi connectivity index (χ0v) is 13.6. The lowest BCUT2D eigenvalue weighted by Crippen LogP contribution is -2.46. The van der Waals surface area contributed by atoms with Crippen LogP contribution in [0.1, 0.15) is 17.2 Å². The zero-order chi connectivity index (χ0) is 13.1. The number of hydrogen-bond acceptors (Lipinski definition) is 2. The van der Waals surface area contributed by atoms with Crippen LogP contribution in [0.25, 0.3) is 0 Å². The van der Waals surface area contributed by atoms with Gasteiger partial charge >= 0.3 is 0 Å². The Morgan fingerprint density at radius 2 is 1.90 bits per heavy atom. The lowest BCUT2D eigenvalue weighted by molar-refractivity contribution is 0.144. The third kappa shape index (κ3) is 4.18. The van der Waals surface area contributed by atoms with Crippen LogP contribution >= 0.6 is 36.4 Å². The van der Waals surface area contributed by atoms with Gasteiger partial charge in [0.15, 0.2) is 0 Å². The number of aryl methyl sites for hydroxylation is 1. The van der Waals surface area contributed by atoms with Crippen LogP contribution < -0.4 is 5.32 Å². The van der Waals surface area contributed by atoms with Gasteiger partial charge in [-0.25, -0.2) is 8.78 Å². The van der Waals surface area contributed by atoms with E-state index in [1.807, 2.05) is 4.90 Å². The highest BCUT2D eigenvalue weighted by molar-refractivity contribution is 6.31. The second kappa shape index (κ2) is 9.00. The summed E-state index contributed by atoms with van der Waals surface area (Å²) in [5, 5.41) is 3.50. The molecule has 1 heterocycles. The van der Waals surface area contributed by atoms with Crippen LogP contribution in [0.5, 0.6) is 0 Å². The van der Waals surface area contributed by atoms with E-state index in [9.17, 15) is 8.78 Å². The van der Waals surface area contributed by atoms with Gasteiger partial charge in [0.1, 0.15) is 12.5 Å². The summed E-state index contributed by atoms with van der Waals surface area (Å²) in [4.78, 5) is 1.94. The largest absolute Gasteiger partial charge is 0.314 e. The van der Waals surface area contributed by atoms with Crippen LogP contribution in [0, 0.1) is 12.7 Å². The Morgan fingerprint density at radius 1 is 1.30 bits per heavy atom. The number of alkyl halides is 1. The van der Waals surface area contributed by atoms with E-state index in [-0.39, 0.29) is 30.6 Å². The zero-order valence-electron chi connectivity index (χ0n) is 11.2. The lowest BCUT2D eigenvalue weighted by Gasteiger charge is -2.34. The van der Waals surface area contributed by atoms with Crippen molar-refractivity contribution in [3.63, 3.8) is 0 Å². The van der Waals surface area contributed by atoms with E-state index in [2.05, 4.69) is 5.32 Å². The summed E-state index contributed by atoms with van der Waals surface area (Å²) >= 11 is 6.05. The minimum atomic E-state index is -0.625. The highest BCUT2D eigenvalue weighted by Crippen LogP contribution is 2.32. The van der Waals surface area contributed by atoms with Crippen molar-refractivity contribution < 1.29 is 8.78 Å². The Balaban J connectivity index is 0.00000180. The van der Waals surface area contributed by atoms with Crippen LogP contribution in [0.2, 0.25) is 5.02 Å². The topological polar surface area (TPSA) is 15.3 Å². The molecule has 1 aromatic carbocycles. The first kappa shape index (κ1) is 19.9. The smallest absolute Gasteiger partial charge is 0.132 e. The van der Waals surface area contributed by atoms with Crippen LogP contribution in [-0.4, -0.2) is 37.8 Å². The highest BCUT2D eigenvalue weighted by atomic mass is 35.5. The predicted octanol–water partition coefficient (Wildman–Crippen LogP) is 3.55. The van der Waals surface area contributed by atoms with E-state index >= 15 is 0 Å². The lowest BCUT2D eigenvalue weighted by atomic mass is 10.0. The summed E-state index contributed by atoms with van der Waals surface area (Å²) in [6.07, 6.45) is 0. The number of nitrogens with one attached hydrogen (secondary N) is 1. The number of halogens is 5. The van der Waals surface area contributed by atoms with Crippen molar-refractivity contribution in [1.29, 1.82) is 0 Å². The molecule has 1 aliphatic rings. The Morgan fingerprint density at radius 3 is 2.45 bits per heavy atom. The molecule has 2 nitrogen and oxygen atoms in total. The molecule has 0 aromatic heterocycles. The van der Waals surface area contributed by atoms with Crippen LogP contribution in [0.4, 0.5) is 8.78 Å². The Hall–Kier alpha value is -0.130. The van der Waals surface area contributed by atoms with E-state index in [1.165, 1.54) is 0 Å². The Labute approximate surface area is 135 Å². The molecule has 0 bridgehead atoms. The average molecular weight is 348 g/mol. The molecule has 1 atom stereocenters. The first-order valence-corrected chi connectivity index (χ1v) is 6.48. The molecule has 1 fully saturated rings. The van der Waals surface area contributed by atoms with Crippen molar-refractivity contribution in [3.05, 3.63) is 34.1 Å². The average Bonchev–Trinajstić information content (AvgIpc) is 2.40. The van der Waals surface area contributed by atoms with E-state index in [0.29, 0.717) is 29.2 Å². The minimum Gasteiger partial charge on any atom is -0.314 e. The number of benzene rings is 1. The van der Waals surface area contributed by atoms with Gasteiger partial charge in [0, 0.05) is 36.8 Å². The Bertz CT molecular complexity index is 426. The third-order valence-corrected chi connectivity index (χ3v) is 3.72. The van der Waals surface area contributed by atoms with Gasteiger partial charge in [-0.05, 0) is 18.6 Å². The van der Waals surface area contributed by atoms with Gasteiger partial charge < -0.3 is 5.32 Å². The van der Waals surface area contributed by atoms with Crippen LogP contribution in [0.15, 0.2) is 12.1 Å². The summed E-state index contributed by atoms with van der Waals surface area (Å²) in [6.45, 7) is 4.04. The van der Waals surface area contributed by atoms with Crippen LogP contribution in [-0.2, 0) is 0 Å². The third-order valence-electron chi connectivity index (χ3n) is 3.39. The molecule has 0 saturated carbocycles. The monoisotopic (exact) mass is 346 g/mol. The maximum absolute atomic E-state index is 14.2. The van der Waals surface area contributed by atoms with Gasteiger partial charge in [-0.3, -0.25) is 4.90 Å². The molecule has 20 heavy (non-hydrogen) atoms. The minimum absolute atomic E-state index is 0. The van der Waals surface area contributed by atoms with E-state index in [4.69, 9.17) is 11.6 Å². The summed E-state index contributed by atoms with van der Waals surface area (Å²) in [5.41, 5.74) is 0.795. The second-order valence-corrected chi connectivity index (χ2v) is 4.96. The maximum Gasteiger partial charge on any atom is 0.132 e. The molecule has 0 unspecified atom stereocenters. The predicted molar refractivity (Wildman–Crippen MR) is 83.8 cm³/mol. The summed E-state index contributed by atoms with van der Waals surface area (Å²) in [7, 11) is 0. The van der Waals surface area contributed by atoms with Gasteiger partial charge in [-0.1, -0.05) is 17.7 Å². The summed E-state index contributed by atoms with van der Waals surface area (Å²) in [5.74, 6) is -0.385. The molecule has 0 aliphatic carbocycles. The Kier molecular flexibility index (Phi) is 8.95. The van der Waals surface area contributed by atoms with E-state index < -0.39 is 12.7 Å². The molecular weight excluding hydrogens is 329 g/mol. The number of rotatable bonds is 3. The number of hydrogen-bond donors (Lipinski definition) is 1. The van der Waals surface area contributed by atoms with Crippen LogP contribution in [0.3, 0.4) is 0 Å². The fourth-order valence-corrected chi connectivity index (χ4v) is 2.61. The fourth-order valence-electron chi connectivity index (χ4n) is 2.33. The molecule has 1 aliphatic heterocycles. The fraction of sp³-hybridized carbons (Fsp3) is 0.538. The van der Waals surface area contributed by atoms with Gasteiger partial charge in [0.05, 0.1) is 6.04 Å². The molecule has 1 N–H and O–H groups in total. The SMILES string of the molecule is Cc1ccc(Cl)c([C@H](CF)N2CCNCC2)c1F.Cl.Cl. The molecule has 7 heteroatoms. The summed E-state index contributed by atoms with van der Waals surface area (Å²) < 4.78 is 27.5. The first-order chi connectivity index (χ1) is 8.65. The molecule has 1 aromatic rings. The van der Waals surface area contributed by atoms with E-state index in [1.54, 1.807) is 19.1 Å². The molecule has 2 rings (SSSR count). The highest BCUT2D eigenvalue weighted by Gasteiger charge is 2.27. The first-order valence-electron chi connectivity index (χ1n) is 6.10. The van der Waals surface area contributed by atoms with Crippen molar-refractivity contribution in [2.45, 2.75) is 13.0 Å². The van der Waals surface area contributed by atoms with Crippen molar-refractivity contribution in [1.82, 2.24) is 10.2 Å². The molecule has 1 saturated heterocycles. The molecule has 0 radical (unpaired) electrons. The van der Waals surface area contributed by atoms with E-state index in [0.717, 1.165) is 13.1 Å². The van der Waals surface area contributed by atoms with Gasteiger partial charge in [0.25, 0.3) is 0 Å². The number of nitrogens with zero attached hydrogens (tertiary/aromatic N) is 1. The molecule has 0 spiro atoms. The quantitative estimate of drug-likeness (QED) is 0.899. The molecule has 116 valence electrons. The van der Waals surface area contributed by atoms with Crippen molar-refractivity contribution in [2.24, 2.45) is 0 Å². The normalized spacial score (nSPS) is 17.0. The molecule has 0 amide bonds. The number of piperazine rings is 1. The maximum atomic E-state index is 14.2. The van der Waals surface area contributed by atoms with Crippen molar-refractivity contribution in [3.8, 4) is 0 Å². The summed E-state index contributed by atoms with van der Waals surface area (Å²) in [6, 6.07) is 2.67. The van der Waals surface area contributed by atoms with Gasteiger partial charge in [-0.2, -0.15) is 0 Å². The van der Waals surface area contributed by atoms with Gasteiger partial charge in [-0.15, -0.1) is 24.8 Å². The molecular formula is C13H19Cl3F2N2. The van der Waals surface area contributed by atoms with Gasteiger partial charge in [0.2, 0.25) is 0 Å². The second-order valence-electron chi connectivity index (χ2n) is 4.55. The van der Waals surface area contributed by atoms with Crippen molar-refractivity contribution in [2.75, 3.05) is 32.9 Å².